The van der Waals surface area contributed by atoms with E-state index >= 15 is 0 Å². The fourth-order valence-electron chi connectivity index (χ4n) is 6.13. The summed E-state index contributed by atoms with van der Waals surface area (Å²) >= 11 is 0. The summed E-state index contributed by atoms with van der Waals surface area (Å²) in [7, 11) is 0. The van der Waals surface area contributed by atoms with E-state index in [2.05, 4.69) is 34.9 Å². The van der Waals surface area contributed by atoms with Gasteiger partial charge in [-0.25, -0.2) is 4.79 Å². The van der Waals surface area contributed by atoms with Crippen LogP contribution in [0.1, 0.15) is 62.0 Å². The second-order valence-electron chi connectivity index (χ2n) is 9.96. The molecule has 3 aliphatic carbocycles. The highest BCUT2D eigenvalue weighted by Crippen LogP contribution is 2.44. The number of carboxylic acid groups (broad SMARTS) is 1. The summed E-state index contributed by atoms with van der Waals surface area (Å²) in [5, 5.41) is 15.4. The van der Waals surface area contributed by atoms with E-state index in [-0.39, 0.29) is 36.4 Å². The van der Waals surface area contributed by atoms with Crippen molar-refractivity contribution in [3.05, 3.63) is 59.7 Å². The number of carboxylic acids is 1. The number of amides is 2. The summed E-state index contributed by atoms with van der Waals surface area (Å²) in [6, 6.07) is 15.7. The van der Waals surface area contributed by atoms with Crippen LogP contribution in [0.15, 0.2) is 48.5 Å². The van der Waals surface area contributed by atoms with Gasteiger partial charge in [-0.2, -0.15) is 0 Å². The van der Waals surface area contributed by atoms with E-state index in [4.69, 9.17) is 4.74 Å². The predicted molar refractivity (Wildman–Crippen MR) is 131 cm³/mol. The first-order valence-corrected chi connectivity index (χ1v) is 12.7. The standard InChI is InChI=1S/C28H32N2O5/c31-26(29-25-14-6-5-12-22(25)27(32)33)21-13-7-15-24(21)30-28(34)35-16-23-19-10-3-1-8-17(19)18-9-2-4-11-20(18)23/h1-4,8-11,21-25H,5-7,12-16H2,(H,29,31)(H,30,34)(H,32,33)/t21-,22-,24+,25+/m0/s1. The van der Waals surface area contributed by atoms with E-state index < -0.39 is 18.0 Å². The molecular formula is C28H32N2O5. The van der Waals surface area contributed by atoms with Gasteiger partial charge in [-0.3, -0.25) is 9.59 Å². The van der Waals surface area contributed by atoms with Gasteiger partial charge in [0, 0.05) is 18.0 Å². The number of aliphatic carboxylic acids is 1. The van der Waals surface area contributed by atoms with Crippen LogP contribution in [-0.2, 0) is 14.3 Å². The topological polar surface area (TPSA) is 105 Å². The van der Waals surface area contributed by atoms with E-state index in [1.165, 1.54) is 11.1 Å². The van der Waals surface area contributed by atoms with Crippen molar-refractivity contribution < 1.29 is 24.2 Å². The van der Waals surface area contributed by atoms with E-state index in [0.717, 1.165) is 30.4 Å². The lowest BCUT2D eigenvalue weighted by molar-refractivity contribution is -0.144. The molecule has 0 radical (unpaired) electrons. The van der Waals surface area contributed by atoms with Gasteiger partial charge in [-0.15, -0.1) is 0 Å². The number of hydrogen-bond acceptors (Lipinski definition) is 4. The molecule has 7 heteroatoms. The molecule has 0 heterocycles. The van der Waals surface area contributed by atoms with Crippen LogP contribution in [0.3, 0.4) is 0 Å². The normalized spacial score (nSPS) is 25.4. The monoisotopic (exact) mass is 476 g/mol. The molecule has 0 aromatic heterocycles. The van der Waals surface area contributed by atoms with Gasteiger partial charge in [-0.05, 0) is 47.9 Å². The van der Waals surface area contributed by atoms with Crippen molar-refractivity contribution in [2.75, 3.05) is 6.61 Å². The summed E-state index contributed by atoms with van der Waals surface area (Å²) in [6.45, 7) is 0.228. The molecule has 4 atom stereocenters. The maximum Gasteiger partial charge on any atom is 0.407 e. The molecule has 2 amide bonds. The highest BCUT2D eigenvalue weighted by atomic mass is 16.5. The zero-order valence-corrected chi connectivity index (χ0v) is 19.7. The molecule has 35 heavy (non-hydrogen) atoms. The second kappa shape index (κ2) is 10.1. The largest absolute Gasteiger partial charge is 0.481 e. The lowest BCUT2D eigenvalue weighted by atomic mass is 9.84. The minimum absolute atomic E-state index is 0.0184. The lowest BCUT2D eigenvalue weighted by Crippen LogP contribution is -2.50. The maximum absolute atomic E-state index is 13.0. The molecule has 0 aliphatic heterocycles. The zero-order chi connectivity index (χ0) is 24.4. The average Bonchev–Trinajstić information content (AvgIpc) is 3.45. The van der Waals surface area contributed by atoms with Crippen LogP contribution in [0.2, 0.25) is 0 Å². The number of ether oxygens (including phenoxy) is 1. The van der Waals surface area contributed by atoms with Gasteiger partial charge in [0.1, 0.15) is 6.61 Å². The molecular weight excluding hydrogens is 444 g/mol. The Balaban J connectivity index is 1.19. The third-order valence-corrected chi connectivity index (χ3v) is 7.91. The van der Waals surface area contributed by atoms with Gasteiger partial charge >= 0.3 is 12.1 Å². The molecule has 0 spiro atoms. The van der Waals surface area contributed by atoms with E-state index in [1.54, 1.807) is 0 Å². The molecule has 2 fully saturated rings. The third kappa shape index (κ3) is 4.77. The van der Waals surface area contributed by atoms with E-state index in [0.29, 0.717) is 25.7 Å². The van der Waals surface area contributed by atoms with Crippen molar-refractivity contribution in [2.45, 2.75) is 62.9 Å². The number of hydrogen-bond donors (Lipinski definition) is 3. The number of benzene rings is 2. The quantitative estimate of drug-likeness (QED) is 0.571. The smallest absolute Gasteiger partial charge is 0.407 e. The fraction of sp³-hybridized carbons (Fsp3) is 0.464. The first-order chi connectivity index (χ1) is 17.0. The van der Waals surface area contributed by atoms with Gasteiger partial charge in [0.15, 0.2) is 0 Å². The minimum atomic E-state index is -0.852. The molecule has 3 aliphatic rings. The Morgan fingerprint density at radius 2 is 1.34 bits per heavy atom. The fourth-order valence-corrected chi connectivity index (χ4v) is 6.13. The van der Waals surface area contributed by atoms with Gasteiger partial charge in [0.2, 0.25) is 5.91 Å². The van der Waals surface area contributed by atoms with Crippen molar-refractivity contribution in [1.29, 1.82) is 0 Å². The number of fused-ring (bicyclic) bond motifs is 3. The van der Waals surface area contributed by atoms with E-state index in [9.17, 15) is 19.5 Å². The highest BCUT2D eigenvalue weighted by molar-refractivity contribution is 5.82. The van der Waals surface area contributed by atoms with Gasteiger partial charge in [0.25, 0.3) is 0 Å². The number of alkyl carbamates (subject to hydrolysis) is 1. The van der Waals surface area contributed by atoms with Crippen molar-refractivity contribution in [2.24, 2.45) is 11.8 Å². The number of carbonyl (C=O) groups is 3. The first-order valence-electron chi connectivity index (χ1n) is 12.7. The number of nitrogens with one attached hydrogen (secondary N) is 2. The van der Waals surface area contributed by atoms with Crippen LogP contribution < -0.4 is 10.6 Å². The summed E-state index contributed by atoms with van der Waals surface area (Å²) in [6.07, 6.45) is 4.75. The van der Waals surface area contributed by atoms with Gasteiger partial charge < -0.3 is 20.5 Å². The van der Waals surface area contributed by atoms with Crippen molar-refractivity contribution in [3.63, 3.8) is 0 Å². The zero-order valence-electron chi connectivity index (χ0n) is 19.7. The Morgan fingerprint density at radius 1 is 0.771 bits per heavy atom. The first kappa shape index (κ1) is 23.4. The Bertz CT molecular complexity index is 1070. The minimum Gasteiger partial charge on any atom is -0.481 e. The van der Waals surface area contributed by atoms with Crippen LogP contribution in [0.4, 0.5) is 4.79 Å². The molecule has 2 aromatic carbocycles. The lowest BCUT2D eigenvalue weighted by Gasteiger charge is -2.31. The van der Waals surface area contributed by atoms with Crippen LogP contribution >= 0.6 is 0 Å². The molecule has 2 aromatic rings. The predicted octanol–water partition coefficient (Wildman–Crippen LogP) is 4.45. The van der Waals surface area contributed by atoms with Crippen LogP contribution in [0.5, 0.6) is 0 Å². The van der Waals surface area contributed by atoms with Crippen LogP contribution in [0, 0.1) is 11.8 Å². The SMILES string of the molecule is O=C(N[C@@H]1CCC[C@@H]1C(=O)N[C@@H]1CCCC[C@@H]1C(=O)O)OCC1c2ccccc2-c2ccccc21. The summed E-state index contributed by atoms with van der Waals surface area (Å²) in [5.74, 6) is -1.94. The average molecular weight is 477 g/mol. The van der Waals surface area contributed by atoms with Crippen molar-refractivity contribution >= 4 is 18.0 Å². The maximum atomic E-state index is 13.0. The summed E-state index contributed by atoms with van der Waals surface area (Å²) in [5.41, 5.74) is 4.65. The van der Waals surface area contributed by atoms with Gasteiger partial charge in [-0.1, -0.05) is 67.8 Å². The number of carbonyl (C=O) groups excluding carboxylic acids is 2. The Morgan fingerprint density at radius 3 is 2.03 bits per heavy atom. The molecule has 5 rings (SSSR count). The second-order valence-corrected chi connectivity index (χ2v) is 9.96. The van der Waals surface area contributed by atoms with Gasteiger partial charge in [0.05, 0.1) is 11.8 Å². The van der Waals surface area contributed by atoms with Crippen molar-refractivity contribution in [3.8, 4) is 11.1 Å². The third-order valence-electron chi connectivity index (χ3n) is 7.91. The summed E-state index contributed by atoms with van der Waals surface area (Å²) < 4.78 is 5.67. The molecule has 2 saturated carbocycles. The van der Waals surface area contributed by atoms with Crippen LogP contribution in [0.25, 0.3) is 11.1 Å². The highest BCUT2D eigenvalue weighted by Gasteiger charge is 2.38. The Hall–Kier alpha value is -3.35. The Kier molecular flexibility index (Phi) is 6.75. The number of rotatable bonds is 6. The molecule has 184 valence electrons. The Labute approximate surface area is 205 Å². The summed E-state index contributed by atoms with van der Waals surface area (Å²) in [4.78, 5) is 37.3. The van der Waals surface area contributed by atoms with Crippen molar-refractivity contribution in [1.82, 2.24) is 10.6 Å². The van der Waals surface area contributed by atoms with E-state index in [1.807, 2.05) is 24.3 Å². The molecule has 0 bridgehead atoms. The van der Waals surface area contributed by atoms with Crippen LogP contribution in [-0.4, -0.2) is 41.8 Å². The molecule has 3 N–H and O–H groups in total. The molecule has 7 nitrogen and oxygen atoms in total. The molecule has 0 saturated heterocycles. The molecule has 0 unspecified atom stereocenters.